The van der Waals surface area contributed by atoms with Crippen molar-refractivity contribution in [2.24, 2.45) is 11.7 Å². The first-order valence-electron chi connectivity index (χ1n) is 8.34. The van der Waals surface area contributed by atoms with E-state index < -0.39 is 0 Å². The van der Waals surface area contributed by atoms with E-state index >= 15 is 0 Å². The maximum absolute atomic E-state index is 13.0. The van der Waals surface area contributed by atoms with Crippen LogP contribution >= 0.6 is 0 Å². The molecule has 2 aromatic rings. The number of amides is 1. The van der Waals surface area contributed by atoms with Gasteiger partial charge in [0.2, 0.25) is 5.91 Å². The fraction of sp³-hybridized carbons (Fsp3) is 0.350. The molecule has 0 saturated heterocycles. The Bertz CT molecular complexity index is 585. The van der Waals surface area contributed by atoms with E-state index in [4.69, 9.17) is 5.73 Å². The van der Waals surface area contributed by atoms with E-state index in [0.717, 1.165) is 19.3 Å². The van der Waals surface area contributed by atoms with E-state index in [9.17, 15) is 4.79 Å². The lowest BCUT2D eigenvalue weighted by Gasteiger charge is -2.26. The van der Waals surface area contributed by atoms with Gasteiger partial charge < -0.3 is 10.6 Å². The van der Waals surface area contributed by atoms with Crippen LogP contribution in [-0.2, 0) is 17.9 Å². The molecule has 3 nitrogen and oxygen atoms in total. The summed E-state index contributed by atoms with van der Waals surface area (Å²) in [5.74, 6) is 0.322. The fourth-order valence-electron chi connectivity index (χ4n) is 3.32. The Morgan fingerprint density at radius 1 is 0.913 bits per heavy atom. The van der Waals surface area contributed by atoms with E-state index in [1.165, 1.54) is 11.1 Å². The number of carbonyl (C=O) groups is 1. The predicted molar refractivity (Wildman–Crippen MR) is 92.5 cm³/mol. The molecular weight excluding hydrogens is 284 g/mol. The van der Waals surface area contributed by atoms with Gasteiger partial charge >= 0.3 is 0 Å². The zero-order chi connectivity index (χ0) is 16.1. The van der Waals surface area contributed by atoms with Crippen LogP contribution in [0.5, 0.6) is 0 Å². The lowest BCUT2D eigenvalue weighted by molar-refractivity contribution is -0.136. The summed E-state index contributed by atoms with van der Waals surface area (Å²) in [6.45, 7) is 1.31. The Labute approximate surface area is 138 Å². The second-order valence-electron chi connectivity index (χ2n) is 6.44. The van der Waals surface area contributed by atoms with Crippen LogP contribution < -0.4 is 5.73 Å². The van der Waals surface area contributed by atoms with Crippen molar-refractivity contribution >= 4 is 5.91 Å². The molecule has 3 heteroatoms. The second-order valence-corrected chi connectivity index (χ2v) is 6.44. The first kappa shape index (κ1) is 15.8. The van der Waals surface area contributed by atoms with Crippen LogP contribution in [0.15, 0.2) is 60.7 Å². The second kappa shape index (κ2) is 7.42. The highest BCUT2D eigenvalue weighted by Gasteiger charge is 2.31. The molecule has 1 aliphatic carbocycles. The first-order chi connectivity index (χ1) is 11.2. The average molecular weight is 308 g/mol. The van der Waals surface area contributed by atoms with Gasteiger partial charge in [-0.3, -0.25) is 4.79 Å². The number of benzene rings is 2. The Balaban J connectivity index is 1.76. The molecule has 2 aromatic carbocycles. The molecule has 0 bridgehead atoms. The smallest absolute Gasteiger partial charge is 0.226 e. The summed E-state index contributed by atoms with van der Waals surface area (Å²) < 4.78 is 0. The van der Waals surface area contributed by atoms with Crippen LogP contribution in [0, 0.1) is 5.92 Å². The summed E-state index contributed by atoms with van der Waals surface area (Å²) in [4.78, 5) is 14.9. The number of hydrogen-bond donors (Lipinski definition) is 1. The topological polar surface area (TPSA) is 46.3 Å². The molecule has 1 aliphatic rings. The molecule has 0 aromatic heterocycles. The van der Waals surface area contributed by atoms with E-state index in [1.807, 2.05) is 41.3 Å². The summed E-state index contributed by atoms with van der Waals surface area (Å²) >= 11 is 0. The molecule has 2 N–H and O–H groups in total. The van der Waals surface area contributed by atoms with Crippen molar-refractivity contribution in [3.63, 3.8) is 0 Å². The summed E-state index contributed by atoms with van der Waals surface area (Å²) in [5.41, 5.74) is 8.33. The SMILES string of the molecule is NC1CCC(C(=O)N(Cc2ccccc2)Cc2ccccc2)C1. The zero-order valence-electron chi connectivity index (χ0n) is 13.4. The van der Waals surface area contributed by atoms with Crippen molar-refractivity contribution in [2.45, 2.75) is 38.4 Å². The Morgan fingerprint density at radius 3 is 1.87 bits per heavy atom. The van der Waals surface area contributed by atoms with Gasteiger partial charge in [0.1, 0.15) is 0 Å². The van der Waals surface area contributed by atoms with Crippen molar-refractivity contribution < 1.29 is 4.79 Å². The first-order valence-corrected chi connectivity index (χ1v) is 8.34. The highest BCUT2D eigenvalue weighted by molar-refractivity contribution is 5.79. The van der Waals surface area contributed by atoms with Gasteiger partial charge in [-0.05, 0) is 30.4 Å². The Kier molecular flexibility index (Phi) is 5.09. The number of rotatable bonds is 5. The quantitative estimate of drug-likeness (QED) is 0.921. The summed E-state index contributed by atoms with van der Waals surface area (Å²) in [5, 5.41) is 0. The zero-order valence-corrected chi connectivity index (χ0v) is 13.4. The number of nitrogens with two attached hydrogens (primary N) is 1. The van der Waals surface area contributed by atoms with Gasteiger partial charge in [0.05, 0.1) is 0 Å². The molecule has 0 heterocycles. The Hall–Kier alpha value is -2.13. The van der Waals surface area contributed by atoms with Crippen molar-refractivity contribution in [2.75, 3.05) is 0 Å². The molecule has 2 atom stereocenters. The van der Waals surface area contributed by atoms with Crippen molar-refractivity contribution in [3.05, 3.63) is 71.8 Å². The normalized spacial score (nSPS) is 20.4. The molecule has 2 unspecified atom stereocenters. The predicted octanol–water partition coefficient (Wildman–Crippen LogP) is 3.34. The molecule has 1 fully saturated rings. The van der Waals surface area contributed by atoms with Gasteiger partial charge in [0.25, 0.3) is 0 Å². The summed E-state index contributed by atoms with van der Waals surface area (Å²) in [7, 11) is 0. The van der Waals surface area contributed by atoms with Crippen LogP contribution in [-0.4, -0.2) is 16.8 Å². The highest BCUT2D eigenvalue weighted by Crippen LogP contribution is 2.27. The molecule has 3 rings (SSSR count). The average Bonchev–Trinajstić information content (AvgIpc) is 3.02. The summed E-state index contributed by atoms with van der Waals surface area (Å²) in [6, 6.07) is 20.6. The standard InChI is InChI=1S/C20H24N2O/c21-19-12-11-18(13-19)20(23)22(14-16-7-3-1-4-8-16)15-17-9-5-2-6-10-17/h1-10,18-19H,11-15,21H2. The van der Waals surface area contributed by atoms with E-state index in [0.29, 0.717) is 13.1 Å². The molecule has 0 aliphatic heterocycles. The minimum atomic E-state index is 0.0809. The maximum atomic E-state index is 13.0. The fourth-order valence-corrected chi connectivity index (χ4v) is 3.32. The molecule has 1 amide bonds. The van der Waals surface area contributed by atoms with Gasteiger partial charge in [0.15, 0.2) is 0 Å². The van der Waals surface area contributed by atoms with Gasteiger partial charge in [-0.2, -0.15) is 0 Å². The van der Waals surface area contributed by atoms with Gasteiger partial charge in [-0.15, -0.1) is 0 Å². The molecule has 120 valence electrons. The van der Waals surface area contributed by atoms with Crippen LogP contribution in [0.2, 0.25) is 0 Å². The van der Waals surface area contributed by atoms with Crippen molar-refractivity contribution in [3.8, 4) is 0 Å². The van der Waals surface area contributed by atoms with Crippen LogP contribution in [0.1, 0.15) is 30.4 Å². The van der Waals surface area contributed by atoms with Crippen LogP contribution in [0.25, 0.3) is 0 Å². The van der Waals surface area contributed by atoms with Crippen LogP contribution in [0.3, 0.4) is 0 Å². The van der Waals surface area contributed by atoms with E-state index in [1.54, 1.807) is 0 Å². The minimum Gasteiger partial charge on any atom is -0.334 e. The van der Waals surface area contributed by atoms with Crippen molar-refractivity contribution in [1.29, 1.82) is 0 Å². The molecule has 23 heavy (non-hydrogen) atoms. The molecule has 1 saturated carbocycles. The number of carbonyl (C=O) groups excluding carboxylic acids is 1. The van der Waals surface area contributed by atoms with E-state index in [2.05, 4.69) is 24.3 Å². The Morgan fingerprint density at radius 2 is 1.43 bits per heavy atom. The van der Waals surface area contributed by atoms with Crippen LogP contribution in [0.4, 0.5) is 0 Å². The monoisotopic (exact) mass is 308 g/mol. The third kappa shape index (κ3) is 4.20. The number of hydrogen-bond acceptors (Lipinski definition) is 2. The van der Waals surface area contributed by atoms with Gasteiger partial charge in [-0.25, -0.2) is 0 Å². The summed E-state index contributed by atoms with van der Waals surface area (Å²) in [6.07, 6.45) is 2.69. The van der Waals surface area contributed by atoms with Gasteiger partial charge in [-0.1, -0.05) is 60.7 Å². The largest absolute Gasteiger partial charge is 0.334 e. The highest BCUT2D eigenvalue weighted by atomic mass is 16.2. The lowest BCUT2D eigenvalue weighted by Crippen LogP contribution is -2.35. The van der Waals surface area contributed by atoms with E-state index in [-0.39, 0.29) is 17.9 Å². The van der Waals surface area contributed by atoms with Crippen molar-refractivity contribution in [1.82, 2.24) is 4.90 Å². The third-order valence-corrected chi connectivity index (χ3v) is 4.57. The third-order valence-electron chi connectivity index (χ3n) is 4.57. The number of nitrogens with zero attached hydrogens (tertiary/aromatic N) is 1. The maximum Gasteiger partial charge on any atom is 0.226 e. The lowest BCUT2D eigenvalue weighted by atomic mass is 10.0. The van der Waals surface area contributed by atoms with Gasteiger partial charge in [0, 0.05) is 25.0 Å². The molecule has 0 radical (unpaired) electrons. The molecular formula is C20H24N2O. The molecule has 0 spiro atoms. The minimum absolute atomic E-state index is 0.0809.